The van der Waals surface area contributed by atoms with Crippen LogP contribution >= 0.6 is 0 Å². The maximum absolute atomic E-state index is 12.3. The van der Waals surface area contributed by atoms with Gasteiger partial charge >= 0.3 is 5.97 Å². The summed E-state index contributed by atoms with van der Waals surface area (Å²) in [7, 11) is 0. The molecular weight excluding hydrogens is 322 g/mol. The van der Waals surface area contributed by atoms with Crippen LogP contribution < -0.4 is 10.6 Å². The molecule has 1 aromatic heterocycles. The fraction of sp³-hybridized carbons (Fsp3) is 0.167. The quantitative estimate of drug-likeness (QED) is 0.456. The molecule has 2 N–H and O–H groups in total. The number of nitrogens with zero attached hydrogens (tertiary/aromatic N) is 1. The predicted molar refractivity (Wildman–Crippen MR) is 90.3 cm³/mol. The lowest BCUT2D eigenvalue weighted by Crippen LogP contribution is -2.18. The maximum Gasteiger partial charge on any atom is 0.340 e. The molecule has 0 aliphatic rings. The Hall–Kier alpha value is -3.53. The van der Waals surface area contributed by atoms with Crippen molar-refractivity contribution in [1.82, 2.24) is 5.32 Å². The molecular formula is C18H17N3O4. The number of amides is 1. The Morgan fingerprint density at radius 1 is 1.28 bits per heavy atom. The number of hydrogen-bond acceptors (Lipinski definition) is 6. The second-order valence-electron chi connectivity index (χ2n) is 4.85. The van der Waals surface area contributed by atoms with Gasteiger partial charge in [-0.1, -0.05) is 12.1 Å². The lowest BCUT2D eigenvalue weighted by atomic mass is 10.1. The molecule has 0 radical (unpaired) electrons. The molecule has 1 heterocycles. The van der Waals surface area contributed by atoms with Crippen LogP contribution in [0.4, 0.5) is 5.69 Å². The number of furan rings is 1. The van der Waals surface area contributed by atoms with E-state index in [1.165, 1.54) is 12.5 Å². The Bertz CT molecular complexity index is 804. The number of rotatable bonds is 7. The first-order valence-electron chi connectivity index (χ1n) is 7.59. The predicted octanol–water partition coefficient (Wildman–Crippen LogP) is 2.59. The first-order chi connectivity index (χ1) is 12.2. The zero-order valence-electron chi connectivity index (χ0n) is 13.6. The van der Waals surface area contributed by atoms with Crippen LogP contribution in [-0.4, -0.2) is 18.5 Å². The lowest BCUT2D eigenvalue weighted by Gasteiger charge is -2.10. The molecule has 0 saturated carbocycles. The number of carbonyl (C=O) groups is 2. The average molecular weight is 339 g/mol. The SMILES string of the molecule is CCOC(=O)c1ccccc1NC(=O)/C(C#N)=C\NCc1ccco1. The van der Waals surface area contributed by atoms with Crippen molar-refractivity contribution in [3.05, 3.63) is 65.8 Å². The molecule has 0 saturated heterocycles. The van der Waals surface area contributed by atoms with Crippen LogP contribution in [0.25, 0.3) is 0 Å². The van der Waals surface area contributed by atoms with Crippen LogP contribution in [0.2, 0.25) is 0 Å². The molecule has 0 fully saturated rings. The summed E-state index contributed by atoms with van der Waals surface area (Å²) in [6, 6.07) is 11.8. The van der Waals surface area contributed by atoms with Gasteiger partial charge in [0.15, 0.2) is 0 Å². The fourth-order valence-corrected chi connectivity index (χ4v) is 1.98. The minimum absolute atomic E-state index is 0.134. The van der Waals surface area contributed by atoms with Crippen molar-refractivity contribution >= 4 is 17.6 Å². The summed E-state index contributed by atoms with van der Waals surface area (Å²) in [5, 5.41) is 14.5. The van der Waals surface area contributed by atoms with Crippen LogP contribution in [0.15, 0.2) is 58.9 Å². The molecule has 128 valence electrons. The van der Waals surface area contributed by atoms with Gasteiger partial charge in [-0.25, -0.2) is 4.79 Å². The van der Waals surface area contributed by atoms with E-state index in [1.807, 2.05) is 6.07 Å². The minimum Gasteiger partial charge on any atom is -0.467 e. The molecule has 7 heteroatoms. The number of nitrogens with one attached hydrogen (secondary N) is 2. The molecule has 7 nitrogen and oxygen atoms in total. The zero-order valence-corrected chi connectivity index (χ0v) is 13.6. The number of carbonyl (C=O) groups excluding carboxylic acids is 2. The zero-order chi connectivity index (χ0) is 18.1. The topological polar surface area (TPSA) is 104 Å². The second kappa shape index (κ2) is 8.93. The Morgan fingerprint density at radius 2 is 2.08 bits per heavy atom. The fourth-order valence-electron chi connectivity index (χ4n) is 1.98. The highest BCUT2D eigenvalue weighted by atomic mass is 16.5. The van der Waals surface area contributed by atoms with Gasteiger partial charge in [0.2, 0.25) is 0 Å². The number of esters is 1. The lowest BCUT2D eigenvalue weighted by molar-refractivity contribution is -0.112. The molecule has 1 aromatic carbocycles. The van der Waals surface area contributed by atoms with Gasteiger partial charge < -0.3 is 19.8 Å². The van der Waals surface area contributed by atoms with Crippen LogP contribution in [0.5, 0.6) is 0 Å². The summed E-state index contributed by atoms with van der Waals surface area (Å²) >= 11 is 0. The van der Waals surface area contributed by atoms with Crippen molar-refractivity contribution in [2.45, 2.75) is 13.5 Å². The van der Waals surface area contributed by atoms with E-state index < -0.39 is 11.9 Å². The van der Waals surface area contributed by atoms with Gasteiger partial charge in [0.1, 0.15) is 17.4 Å². The molecule has 2 aromatic rings. The Balaban J connectivity index is 2.07. The highest BCUT2D eigenvalue weighted by Crippen LogP contribution is 2.17. The minimum atomic E-state index is -0.633. The smallest absolute Gasteiger partial charge is 0.340 e. The van der Waals surface area contributed by atoms with Crippen LogP contribution in [0.3, 0.4) is 0 Å². The maximum atomic E-state index is 12.3. The standard InChI is InChI=1S/C18H17N3O4/c1-2-24-18(23)15-7-3-4-8-16(15)21-17(22)13(10-19)11-20-12-14-6-5-9-25-14/h3-9,11,20H,2,12H2,1H3,(H,21,22)/b13-11-. The monoisotopic (exact) mass is 339 g/mol. The molecule has 0 aliphatic carbocycles. The number of anilines is 1. The Morgan fingerprint density at radius 3 is 2.76 bits per heavy atom. The summed E-state index contributed by atoms with van der Waals surface area (Å²) in [6.07, 6.45) is 2.83. The number of benzene rings is 1. The number of para-hydroxylation sites is 1. The first-order valence-corrected chi connectivity index (χ1v) is 7.59. The largest absolute Gasteiger partial charge is 0.467 e. The molecule has 0 atom stereocenters. The van der Waals surface area contributed by atoms with E-state index >= 15 is 0 Å². The van der Waals surface area contributed by atoms with E-state index in [9.17, 15) is 9.59 Å². The number of hydrogen-bond donors (Lipinski definition) is 2. The molecule has 1 amide bonds. The average Bonchev–Trinajstić information content (AvgIpc) is 3.12. The van der Waals surface area contributed by atoms with Crippen LogP contribution in [-0.2, 0) is 16.1 Å². The summed E-state index contributed by atoms with van der Waals surface area (Å²) in [6.45, 7) is 2.26. The van der Waals surface area contributed by atoms with Gasteiger partial charge in [-0.05, 0) is 31.2 Å². The summed E-state index contributed by atoms with van der Waals surface area (Å²) in [4.78, 5) is 24.2. The molecule has 0 bridgehead atoms. The Labute approximate surface area is 144 Å². The second-order valence-corrected chi connectivity index (χ2v) is 4.85. The molecule has 25 heavy (non-hydrogen) atoms. The highest BCUT2D eigenvalue weighted by molar-refractivity contribution is 6.09. The van der Waals surface area contributed by atoms with Gasteiger partial charge in [0.05, 0.1) is 30.7 Å². The molecule has 0 unspecified atom stereocenters. The van der Waals surface area contributed by atoms with E-state index in [1.54, 1.807) is 43.3 Å². The van der Waals surface area contributed by atoms with E-state index in [-0.39, 0.29) is 23.4 Å². The van der Waals surface area contributed by atoms with Crippen molar-refractivity contribution in [1.29, 1.82) is 5.26 Å². The van der Waals surface area contributed by atoms with Gasteiger partial charge in [0, 0.05) is 6.20 Å². The molecule has 2 rings (SSSR count). The van der Waals surface area contributed by atoms with Crippen LogP contribution in [0.1, 0.15) is 23.0 Å². The van der Waals surface area contributed by atoms with Gasteiger partial charge in [-0.2, -0.15) is 5.26 Å². The van der Waals surface area contributed by atoms with Gasteiger partial charge in [-0.15, -0.1) is 0 Å². The molecule has 0 aliphatic heterocycles. The van der Waals surface area contributed by atoms with Gasteiger partial charge in [-0.3, -0.25) is 4.79 Å². The van der Waals surface area contributed by atoms with Crippen LogP contribution in [0, 0.1) is 11.3 Å². The van der Waals surface area contributed by atoms with Gasteiger partial charge in [0.25, 0.3) is 5.91 Å². The van der Waals surface area contributed by atoms with Crippen molar-refractivity contribution in [3.63, 3.8) is 0 Å². The molecule has 0 spiro atoms. The van der Waals surface area contributed by atoms with E-state index in [0.717, 1.165) is 0 Å². The first kappa shape index (κ1) is 17.8. The summed E-state index contributed by atoms with van der Waals surface area (Å²) < 4.78 is 10.1. The third-order valence-corrected chi connectivity index (χ3v) is 3.14. The van der Waals surface area contributed by atoms with E-state index in [0.29, 0.717) is 12.3 Å². The van der Waals surface area contributed by atoms with E-state index in [4.69, 9.17) is 14.4 Å². The normalized spacial score (nSPS) is 10.6. The third-order valence-electron chi connectivity index (χ3n) is 3.14. The van der Waals surface area contributed by atoms with Crippen molar-refractivity contribution in [3.8, 4) is 6.07 Å². The van der Waals surface area contributed by atoms with E-state index in [2.05, 4.69) is 10.6 Å². The number of nitriles is 1. The Kier molecular flexibility index (Phi) is 6.37. The van der Waals surface area contributed by atoms with Crippen molar-refractivity contribution in [2.75, 3.05) is 11.9 Å². The third kappa shape index (κ3) is 4.97. The van der Waals surface area contributed by atoms with Crippen molar-refractivity contribution in [2.24, 2.45) is 0 Å². The number of ether oxygens (including phenoxy) is 1. The summed E-state index contributed by atoms with van der Waals surface area (Å²) in [5.74, 6) is -0.510. The van der Waals surface area contributed by atoms with Crippen molar-refractivity contribution < 1.29 is 18.7 Å². The highest BCUT2D eigenvalue weighted by Gasteiger charge is 2.16. The summed E-state index contributed by atoms with van der Waals surface area (Å²) in [5.41, 5.74) is 0.363.